The Morgan fingerprint density at radius 1 is 1.29 bits per heavy atom. The number of pyridine rings is 1. The van der Waals surface area contributed by atoms with Gasteiger partial charge in [-0.15, -0.1) is 0 Å². The largest absolute Gasteiger partial charge is 0.469 e. The van der Waals surface area contributed by atoms with E-state index < -0.39 is 0 Å². The molecular weight excluding hydrogens is 266 g/mol. The summed E-state index contributed by atoms with van der Waals surface area (Å²) in [5, 5.41) is 8.88. The van der Waals surface area contributed by atoms with Crippen molar-refractivity contribution in [2.75, 3.05) is 13.7 Å². The normalized spacial score (nSPS) is 12.1. The second-order valence-corrected chi connectivity index (χ2v) is 5.45. The zero-order valence-electron chi connectivity index (χ0n) is 13.0. The maximum Gasteiger partial charge on any atom is 0.305 e. The number of carbonyl (C=O) groups excluding carboxylic acids is 1. The van der Waals surface area contributed by atoms with Crippen LogP contribution in [-0.2, 0) is 16.0 Å². The van der Waals surface area contributed by atoms with Gasteiger partial charge in [0.05, 0.1) is 7.11 Å². The van der Waals surface area contributed by atoms with Crippen LogP contribution in [0.25, 0.3) is 0 Å². The Bertz CT molecular complexity index is 381. The first-order chi connectivity index (χ1) is 10.3. The fourth-order valence-electron chi connectivity index (χ4n) is 2.54. The van der Waals surface area contributed by atoms with Crippen molar-refractivity contribution in [2.45, 2.75) is 51.4 Å². The zero-order valence-corrected chi connectivity index (χ0v) is 13.0. The van der Waals surface area contributed by atoms with Gasteiger partial charge in [0, 0.05) is 25.4 Å². The molecule has 0 fully saturated rings. The first kappa shape index (κ1) is 17.6. The van der Waals surface area contributed by atoms with Crippen LogP contribution in [0.1, 0.15) is 50.5 Å². The van der Waals surface area contributed by atoms with Crippen molar-refractivity contribution in [1.82, 2.24) is 4.98 Å². The second kappa shape index (κ2) is 11.3. The van der Waals surface area contributed by atoms with Crippen molar-refractivity contribution in [3.63, 3.8) is 0 Å². The summed E-state index contributed by atoms with van der Waals surface area (Å²) in [4.78, 5) is 15.4. The molecule has 0 aromatic carbocycles. The van der Waals surface area contributed by atoms with Crippen LogP contribution < -0.4 is 0 Å². The Morgan fingerprint density at radius 3 is 2.76 bits per heavy atom. The summed E-state index contributed by atoms with van der Waals surface area (Å²) in [5.41, 5.74) is 1.26. The third kappa shape index (κ3) is 8.45. The minimum absolute atomic E-state index is 0.130. The van der Waals surface area contributed by atoms with Gasteiger partial charge in [0.2, 0.25) is 0 Å². The van der Waals surface area contributed by atoms with E-state index in [4.69, 9.17) is 9.84 Å². The lowest BCUT2D eigenvalue weighted by Crippen LogP contribution is -2.07. The summed E-state index contributed by atoms with van der Waals surface area (Å²) in [5.74, 6) is 0.404. The molecular formula is C17H27NO3. The lowest BCUT2D eigenvalue weighted by molar-refractivity contribution is -0.141. The molecule has 0 bridgehead atoms. The fourth-order valence-corrected chi connectivity index (χ4v) is 2.54. The first-order valence-corrected chi connectivity index (χ1v) is 7.82. The minimum atomic E-state index is -0.130. The van der Waals surface area contributed by atoms with Crippen LogP contribution in [-0.4, -0.2) is 29.8 Å². The maximum atomic E-state index is 11.3. The van der Waals surface area contributed by atoms with E-state index in [1.54, 1.807) is 6.20 Å². The average molecular weight is 293 g/mol. The number of unbranched alkanes of at least 4 members (excludes halogenated alkanes) is 1. The topological polar surface area (TPSA) is 59.4 Å². The van der Waals surface area contributed by atoms with Crippen molar-refractivity contribution < 1.29 is 14.6 Å². The van der Waals surface area contributed by atoms with E-state index in [2.05, 4.69) is 11.1 Å². The number of aromatic nitrogens is 1. The van der Waals surface area contributed by atoms with Crippen molar-refractivity contribution in [2.24, 2.45) is 5.92 Å². The summed E-state index contributed by atoms with van der Waals surface area (Å²) in [6, 6.07) is 4.06. The van der Waals surface area contributed by atoms with Crippen LogP contribution >= 0.6 is 0 Å². The number of nitrogens with zero attached hydrogens (tertiary/aromatic N) is 1. The SMILES string of the molecule is COC(=O)CCC(CCCCO)CCCc1cccnc1. The van der Waals surface area contributed by atoms with E-state index in [-0.39, 0.29) is 12.6 Å². The van der Waals surface area contributed by atoms with Gasteiger partial charge in [-0.05, 0) is 43.2 Å². The van der Waals surface area contributed by atoms with Crippen molar-refractivity contribution in [3.05, 3.63) is 30.1 Å². The predicted molar refractivity (Wildman–Crippen MR) is 82.9 cm³/mol. The number of hydrogen-bond acceptors (Lipinski definition) is 4. The molecule has 0 radical (unpaired) electrons. The summed E-state index contributed by atoms with van der Waals surface area (Å²) in [6.07, 6.45) is 11.3. The smallest absolute Gasteiger partial charge is 0.305 e. The molecule has 1 heterocycles. The number of esters is 1. The van der Waals surface area contributed by atoms with E-state index in [1.165, 1.54) is 12.7 Å². The van der Waals surface area contributed by atoms with Gasteiger partial charge in [-0.3, -0.25) is 9.78 Å². The number of ether oxygens (including phenoxy) is 1. The molecule has 1 aromatic rings. The Kier molecular flexibility index (Phi) is 9.46. The van der Waals surface area contributed by atoms with Crippen LogP contribution in [0, 0.1) is 5.92 Å². The van der Waals surface area contributed by atoms with Crippen LogP contribution in [0.15, 0.2) is 24.5 Å². The number of hydrogen-bond donors (Lipinski definition) is 1. The lowest BCUT2D eigenvalue weighted by Gasteiger charge is -2.16. The molecule has 1 N–H and O–H groups in total. The number of carbonyl (C=O) groups is 1. The zero-order chi connectivity index (χ0) is 15.3. The highest BCUT2D eigenvalue weighted by molar-refractivity contribution is 5.69. The molecule has 1 rings (SSSR count). The van der Waals surface area contributed by atoms with Crippen LogP contribution in [0.4, 0.5) is 0 Å². The molecule has 1 atom stereocenters. The molecule has 118 valence electrons. The molecule has 0 aliphatic carbocycles. The first-order valence-electron chi connectivity index (χ1n) is 7.82. The molecule has 0 aliphatic heterocycles. The van der Waals surface area contributed by atoms with E-state index in [0.717, 1.165) is 44.9 Å². The van der Waals surface area contributed by atoms with Gasteiger partial charge in [0.1, 0.15) is 0 Å². The third-order valence-corrected chi connectivity index (χ3v) is 3.81. The van der Waals surface area contributed by atoms with E-state index in [9.17, 15) is 4.79 Å². The van der Waals surface area contributed by atoms with Crippen LogP contribution in [0.3, 0.4) is 0 Å². The van der Waals surface area contributed by atoms with E-state index in [1.807, 2.05) is 12.3 Å². The average Bonchev–Trinajstić information content (AvgIpc) is 2.53. The minimum Gasteiger partial charge on any atom is -0.469 e. The van der Waals surface area contributed by atoms with Gasteiger partial charge in [0.25, 0.3) is 0 Å². The Balaban J connectivity index is 2.31. The van der Waals surface area contributed by atoms with Crippen molar-refractivity contribution in [3.8, 4) is 0 Å². The van der Waals surface area contributed by atoms with Gasteiger partial charge in [0.15, 0.2) is 0 Å². The lowest BCUT2D eigenvalue weighted by atomic mass is 9.91. The number of rotatable bonds is 11. The summed E-state index contributed by atoms with van der Waals surface area (Å²) < 4.78 is 4.71. The highest BCUT2D eigenvalue weighted by atomic mass is 16.5. The Morgan fingerprint density at radius 2 is 2.10 bits per heavy atom. The van der Waals surface area contributed by atoms with Gasteiger partial charge < -0.3 is 9.84 Å². The maximum absolute atomic E-state index is 11.3. The number of methoxy groups -OCH3 is 1. The number of aliphatic hydroxyl groups is 1. The highest BCUT2D eigenvalue weighted by Crippen LogP contribution is 2.22. The van der Waals surface area contributed by atoms with Gasteiger partial charge in [-0.1, -0.05) is 25.3 Å². The number of aryl methyl sites for hydroxylation is 1. The molecule has 4 nitrogen and oxygen atoms in total. The van der Waals surface area contributed by atoms with E-state index >= 15 is 0 Å². The fraction of sp³-hybridized carbons (Fsp3) is 0.647. The van der Waals surface area contributed by atoms with Crippen LogP contribution in [0.2, 0.25) is 0 Å². The molecule has 0 aliphatic rings. The molecule has 1 aromatic heterocycles. The quantitative estimate of drug-likeness (QED) is 0.503. The van der Waals surface area contributed by atoms with Gasteiger partial charge in [-0.2, -0.15) is 0 Å². The Labute approximate surface area is 127 Å². The van der Waals surface area contributed by atoms with Crippen LogP contribution in [0.5, 0.6) is 0 Å². The molecule has 0 saturated carbocycles. The molecule has 21 heavy (non-hydrogen) atoms. The second-order valence-electron chi connectivity index (χ2n) is 5.45. The van der Waals surface area contributed by atoms with Gasteiger partial charge >= 0.3 is 5.97 Å². The summed E-state index contributed by atoms with van der Waals surface area (Å²) in [7, 11) is 1.44. The molecule has 0 amide bonds. The summed E-state index contributed by atoms with van der Waals surface area (Å²) in [6.45, 7) is 0.249. The van der Waals surface area contributed by atoms with Crippen molar-refractivity contribution in [1.29, 1.82) is 0 Å². The van der Waals surface area contributed by atoms with Gasteiger partial charge in [-0.25, -0.2) is 0 Å². The highest BCUT2D eigenvalue weighted by Gasteiger charge is 2.11. The molecule has 0 saturated heterocycles. The Hall–Kier alpha value is -1.42. The van der Waals surface area contributed by atoms with Crippen molar-refractivity contribution >= 4 is 5.97 Å². The molecule has 0 spiro atoms. The number of aliphatic hydroxyl groups excluding tert-OH is 1. The monoisotopic (exact) mass is 293 g/mol. The van der Waals surface area contributed by atoms with E-state index in [0.29, 0.717) is 12.3 Å². The molecule has 4 heteroatoms. The standard InChI is InChI=1S/C17H27NO3/c1-21-17(20)11-10-15(6-2-3-13-19)7-4-8-16-9-5-12-18-14-16/h5,9,12,14-15,19H,2-4,6-8,10-11,13H2,1H3. The third-order valence-electron chi connectivity index (χ3n) is 3.81. The predicted octanol–water partition coefficient (Wildman–Crippen LogP) is 3.14. The summed E-state index contributed by atoms with van der Waals surface area (Å²) >= 11 is 0. The molecule has 1 unspecified atom stereocenters.